The van der Waals surface area contributed by atoms with E-state index in [1.165, 1.54) is 12.1 Å². The van der Waals surface area contributed by atoms with Gasteiger partial charge in [0.1, 0.15) is 5.75 Å². The molecule has 5 heteroatoms. The minimum Gasteiger partial charge on any atom is -2.00 e. The minimum atomic E-state index is -0.335. The third-order valence-corrected chi connectivity index (χ3v) is 1.83. The van der Waals surface area contributed by atoms with E-state index >= 15 is 0 Å². The first kappa shape index (κ1) is 17.5. The number of carbonyl (C=O) groups excluding carboxylic acids is 1. The van der Waals surface area contributed by atoms with Crippen LogP contribution in [0.15, 0.2) is 24.3 Å². The van der Waals surface area contributed by atoms with Crippen molar-refractivity contribution in [3.05, 3.63) is 29.8 Å². The summed E-state index contributed by atoms with van der Waals surface area (Å²) in [6.45, 7) is 2.49. The maximum absolute atomic E-state index is 11.3. The molecule has 0 fully saturated rings. The molecule has 1 aromatic carbocycles. The molecule has 0 aliphatic rings. The van der Waals surface area contributed by atoms with E-state index in [-0.39, 0.29) is 36.7 Å². The van der Waals surface area contributed by atoms with E-state index in [1.807, 2.05) is 6.92 Å². The number of ether oxygens (including phenoxy) is 1. The molecule has 0 saturated carbocycles. The Morgan fingerprint density at radius 3 is 2.38 bits per heavy atom. The van der Waals surface area contributed by atoms with Crippen molar-refractivity contribution in [3.63, 3.8) is 0 Å². The molecule has 0 aromatic heterocycles. The van der Waals surface area contributed by atoms with Gasteiger partial charge in [-0.05, 0) is 30.7 Å². The van der Waals surface area contributed by atoms with E-state index < -0.39 is 0 Å². The van der Waals surface area contributed by atoms with Crippen LogP contribution >= 0.6 is 0 Å². The first-order chi connectivity index (χ1) is 6.74. The van der Waals surface area contributed by atoms with E-state index in [9.17, 15) is 4.79 Å². The molecule has 0 heterocycles. The van der Waals surface area contributed by atoms with Crippen LogP contribution < -0.4 is 0 Å². The third-order valence-electron chi connectivity index (χ3n) is 1.83. The number of aromatic hydroxyl groups is 1. The Morgan fingerprint density at radius 2 is 1.88 bits per heavy atom. The van der Waals surface area contributed by atoms with Crippen molar-refractivity contribution >= 4 is 5.97 Å². The molecule has 0 spiro atoms. The Kier molecular flexibility index (Phi) is 10.2. The van der Waals surface area contributed by atoms with Crippen LogP contribution in [0, 0.1) is 0 Å². The number of rotatable bonds is 4. The van der Waals surface area contributed by atoms with Crippen LogP contribution in [0.1, 0.15) is 30.1 Å². The number of benzene rings is 1. The summed E-state index contributed by atoms with van der Waals surface area (Å²) in [4.78, 5) is 11.3. The zero-order valence-electron chi connectivity index (χ0n) is 9.31. The summed E-state index contributed by atoms with van der Waals surface area (Å²) in [5.74, 6) is -0.187. The van der Waals surface area contributed by atoms with Crippen molar-refractivity contribution in [2.45, 2.75) is 19.8 Å². The van der Waals surface area contributed by atoms with E-state index in [1.54, 1.807) is 12.1 Å². The predicted molar refractivity (Wildman–Crippen MR) is 54.0 cm³/mol. The molecule has 0 saturated heterocycles. The molecule has 0 aliphatic heterocycles. The minimum absolute atomic E-state index is 0. The average molecular weight is 276 g/mol. The van der Waals surface area contributed by atoms with Crippen LogP contribution in [-0.2, 0) is 29.7 Å². The molecular weight excluding hydrogens is 262 g/mol. The van der Waals surface area contributed by atoms with Gasteiger partial charge in [-0.3, -0.25) is 0 Å². The molecule has 16 heavy (non-hydrogen) atoms. The Hall–Kier alpha value is -0.927. The van der Waals surface area contributed by atoms with Crippen LogP contribution in [0.2, 0.25) is 0 Å². The van der Waals surface area contributed by atoms with Crippen LogP contribution in [0.3, 0.4) is 0 Å². The van der Waals surface area contributed by atoms with Crippen LogP contribution in [0.5, 0.6) is 5.75 Å². The second kappa shape index (κ2) is 9.31. The summed E-state index contributed by atoms with van der Waals surface area (Å²) in [6, 6.07) is 6.03. The number of hydrogen-bond donors (Lipinski definition) is 1. The maximum atomic E-state index is 11.3. The SMILES string of the molecule is CCCCOC(=O)c1ccc(O)cc1.[O-2].[Zn+2]. The first-order valence-corrected chi connectivity index (χ1v) is 4.70. The predicted octanol–water partition coefficient (Wildman–Crippen LogP) is 2.23. The van der Waals surface area contributed by atoms with Gasteiger partial charge in [-0.2, -0.15) is 0 Å². The van der Waals surface area contributed by atoms with Crippen molar-refractivity contribution in [2.24, 2.45) is 0 Å². The maximum Gasteiger partial charge on any atom is 2.00 e. The summed E-state index contributed by atoms with van der Waals surface area (Å²) in [5, 5.41) is 9.00. The molecular formula is C11H14O4Zn. The molecule has 1 N–H and O–H groups in total. The van der Waals surface area contributed by atoms with Crippen molar-refractivity contribution in [1.82, 2.24) is 0 Å². The first-order valence-electron chi connectivity index (χ1n) is 4.70. The summed E-state index contributed by atoms with van der Waals surface area (Å²) in [6.07, 6.45) is 1.88. The molecule has 1 aromatic rings. The van der Waals surface area contributed by atoms with Crippen molar-refractivity contribution < 1.29 is 39.6 Å². The zero-order valence-corrected chi connectivity index (χ0v) is 12.3. The molecule has 0 amide bonds. The largest absolute Gasteiger partial charge is 2.00 e. The van der Waals surface area contributed by atoms with Crippen LogP contribution in [0.4, 0.5) is 0 Å². The normalized spacial score (nSPS) is 8.56. The topological polar surface area (TPSA) is 75.0 Å². The molecule has 1 rings (SSSR count). The molecule has 4 nitrogen and oxygen atoms in total. The second-order valence-corrected chi connectivity index (χ2v) is 3.04. The van der Waals surface area contributed by atoms with Gasteiger partial charge in [0, 0.05) is 0 Å². The van der Waals surface area contributed by atoms with E-state index in [2.05, 4.69) is 0 Å². The zero-order chi connectivity index (χ0) is 10.4. The van der Waals surface area contributed by atoms with Gasteiger partial charge in [-0.1, -0.05) is 13.3 Å². The summed E-state index contributed by atoms with van der Waals surface area (Å²) in [7, 11) is 0. The Bertz CT molecular complexity index is 297. The monoisotopic (exact) mass is 274 g/mol. The van der Waals surface area contributed by atoms with Gasteiger partial charge in [-0.15, -0.1) is 0 Å². The third kappa shape index (κ3) is 5.83. The van der Waals surface area contributed by atoms with Gasteiger partial charge in [0.2, 0.25) is 0 Å². The fraction of sp³-hybridized carbons (Fsp3) is 0.364. The summed E-state index contributed by atoms with van der Waals surface area (Å²) >= 11 is 0. The van der Waals surface area contributed by atoms with Crippen molar-refractivity contribution in [1.29, 1.82) is 0 Å². The fourth-order valence-electron chi connectivity index (χ4n) is 0.990. The van der Waals surface area contributed by atoms with Crippen LogP contribution in [0.25, 0.3) is 0 Å². The molecule has 0 aliphatic carbocycles. The van der Waals surface area contributed by atoms with Gasteiger partial charge in [-0.25, -0.2) is 4.79 Å². The molecule has 0 unspecified atom stereocenters. The number of hydrogen-bond acceptors (Lipinski definition) is 3. The Labute approximate surface area is 108 Å². The van der Waals surface area contributed by atoms with Crippen molar-refractivity contribution in [3.8, 4) is 5.75 Å². The molecule has 0 radical (unpaired) electrons. The summed E-state index contributed by atoms with van der Waals surface area (Å²) < 4.78 is 4.99. The van der Waals surface area contributed by atoms with Gasteiger partial charge >= 0.3 is 25.4 Å². The molecule has 0 bridgehead atoms. The van der Waals surface area contributed by atoms with Crippen molar-refractivity contribution in [2.75, 3.05) is 6.61 Å². The van der Waals surface area contributed by atoms with Gasteiger partial charge < -0.3 is 15.3 Å². The number of unbranched alkanes of at least 4 members (excludes halogenated alkanes) is 1. The Balaban J connectivity index is 0. The van der Waals surface area contributed by atoms with Gasteiger partial charge in [0.25, 0.3) is 0 Å². The molecule has 0 atom stereocenters. The standard InChI is InChI=1S/C11H14O3.O.Zn/c1-2-3-8-14-11(13)9-4-6-10(12)7-5-9;;/h4-7,12H,2-3,8H2,1H3;;/q;-2;+2. The van der Waals surface area contributed by atoms with E-state index in [4.69, 9.17) is 9.84 Å². The number of phenolic OH excluding ortho intramolecular Hbond substituents is 1. The molecule has 84 valence electrons. The van der Waals surface area contributed by atoms with E-state index in [0.717, 1.165) is 12.8 Å². The van der Waals surface area contributed by atoms with Gasteiger partial charge in [0.15, 0.2) is 0 Å². The fourth-order valence-corrected chi connectivity index (χ4v) is 0.990. The quantitative estimate of drug-likeness (QED) is 0.520. The Morgan fingerprint density at radius 1 is 1.31 bits per heavy atom. The summed E-state index contributed by atoms with van der Waals surface area (Å²) in [5.41, 5.74) is 0.471. The number of esters is 1. The smallest absolute Gasteiger partial charge is 2.00 e. The average Bonchev–Trinajstić information content (AvgIpc) is 2.19. The van der Waals surface area contributed by atoms with Gasteiger partial charge in [0.05, 0.1) is 12.2 Å². The van der Waals surface area contributed by atoms with Crippen LogP contribution in [-0.4, -0.2) is 17.7 Å². The number of phenols is 1. The van der Waals surface area contributed by atoms with E-state index in [0.29, 0.717) is 12.2 Å². The second-order valence-electron chi connectivity index (χ2n) is 3.04. The number of carbonyl (C=O) groups is 1.